The molecule has 0 spiro atoms. The van der Waals surface area contributed by atoms with Crippen molar-refractivity contribution in [1.82, 2.24) is 9.88 Å². The van der Waals surface area contributed by atoms with E-state index in [-0.39, 0.29) is 18.5 Å². The van der Waals surface area contributed by atoms with Crippen molar-refractivity contribution in [2.75, 3.05) is 13.3 Å². The number of amides is 1. The number of halogens is 1. The van der Waals surface area contributed by atoms with Crippen LogP contribution in [0.15, 0.2) is 42.5 Å². The van der Waals surface area contributed by atoms with Crippen LogP contribution in [0, 0.1) is 12.7 Å². The van der Waals surface area contributed by atoms with E-state index in [2.05, 4.69) is 4.98 Å². The predicted octanol–water partition coefficient (Wildman–Crippen LogP) is 4.07. The molecule has 6 heteroatoms. The van der Waals surface area contributed by atoms with Gasteiger partial charge in [0, 0.05) is 30.2 Å². The smallest absolute Gasteiger partial charge is 0.254 e. The number of hydrogen-bond acceptors (Lipinski definition) is 4. The first kappa shape index (κ1) is 17.3. The first-order chi connectivity index (χ1) is 13.0. The predicted molar refractivity (Wildman–Crippen MR) is 99.4 cm³/mol. The van der Waals surface area contributed by atoms with Crippen LogP contribution >= 0.6 is 0 Å². The zero-order valence-corrected chi connectivity index (χ0v) is 15.2. The van der Waals surface area contributed by atoms with E-state index >= 15 is 0 Å². The molecule has 4 rings (SSSR count). The number of rotatable bonds is 4. The van der Waals surface area contributed by atoms with Crippen LogP contribution in [0.1, 0.15) is 28.5 Å². The second-order valence-corrected chi connectivity index (χ2v) is 6.48. The average molecular weight is 366 g/mol. The monoisotopic (exact) mass is 366 g/mol. The van der Waals surface area contributed by atoms with E-state index in [1.807, 2.05) is 25.1 Å². The van der Waals surface area contributed by atoms with Gasteiger partial charge in [-0.1, -0.05) is 6.07 Å². The first-order valence-electron chi connectivity index (χ1n) is 8.80. The molecule has 2 aromatic carbocycles. The number of benzene rings is 2. The van der Waals surface area contributed by atoms with E-state index in [0.29, 0.717) is 46.7 Å². The van der Waals surface area contributed by atoms with Gasteiger partial charge in [0.15, 0.2) is 11.5 Å². The lowest BCUT2D eigenvalue weighted by Gasteiger charge is -2.22. The van der Waals surface area contributed by atoms with Crippen LogP contribution in [-0.2, 0) is 6.54 Å². The van der Waals surface area contributed by atoms with Crippen LogP contribution in [0.5, 0.6) is 11.5 Å². The Kier molecular flexibility index (Phi) is 4.39. The first-order valence-corrected chi connectivity index (χ1v) is 8.80. The molecule has 138 valence electrons. The van der Waals surface area contributed by atoms with Gasteiger partial charge in [-0.15, -0.1) is 0 Å². The van der Waals surface area contributed by atoms with Gasteiger partial charge in [-0.25, -0.2) is 4.39 Å². The minimum atomic E-state index is -0.369. The highest BCUT2D eigenvalue weighted by Crippen LogP contribution is 2.33. The number of pyridine rings is 1. The molecule has 5 nitrogen and oxygen atoms in total. The standard InChI is InChI=1S/C21H19FN2O3/c1-3-24(11-14-4-7-19-20(9-14)27-12-26-19)21(25)17-8-13(2)23-18-10-15(22)5-6-16(17)18/h4-10H,3,11-12H2,1-2H3. The lowest BCUT2D eigenvalue weighted by Crippen LogP contribution is -2.30. The summed E-state index contributed by atoms with van der Waals surface area (Å²) in [5.74, 6) is 0.923. The van der Waals surface area contributed by atoms with Crippen molar-refractivity contribution >= 4 is 16.8 Å². The summed E-state index contributed by atoms with van der Waals surface area (Å²) in [6, 6.07) is 11.7. The van der Waals surface area contributed by atoms with Crippen molar-refractivity contribution in [3.63, 3.8) is 0 Å². The molecule has 0 saturated carbocycles. The fourth-order valence-electron chi connectivity index (χ4n) is 3.27. The third kappa shape index (κ3) is 3.30. The Hall–Kier alpha value is -3.15. The number of hydrogen-bond donors (Lipinski definition) is 0. The van der Waals surface area contributed by atoms with E-state index < -0.39 is 0 Å². The van der Waals surface area contributed by atoms with Crippen molar-refractivity contribution in [1.29, 1.82) is 0 Å². The van der Waals surface area contributed by atoms with E-state index in [1.54, 1.807) is 24.0 Å². The summed E-state index contributed by atoms with van der Waals surface area (Å²) in [6.45, 7) is 4.93. The Labute approximate surface area is 156 Å². The molecule has 1 aliphatic heterocycles. The van der Waals surface area contributed by atoms with Gasteiger partial charge < -0.3 is 14.4 Å². The minimum absolute atomic E-state index is 0.114. The summed E-state index contributed by atoms with van der Waals surface area (Å²) in [7, 11) is 0. The molecule has 0 saturated heterocycles. The second-order valence-electron chi connectivity index (χ2n) is 6.48. The summed E-state index contributed by atoms with van der Waals surface area (Å²) < 4.78 is 24.3. The lowest BCUT2D eigenvalue weighted by molar-refractivity contribution is 0.0754. The minimum Gasteiger partial charge on any atom is -0.454 e. The summed E-state index contributed by atoms with van der Waals surface area (Å²) in [4.78, 5) is 19.3. The molecular weight excluding hydrogens is 347 g/mol. The molecule has 0 unspecified atom stereocenters. The van der Waals surface area contributed by atoms with Crippen LogP contribution in [0.4, 0.5) is 4.39 Å². The highest BCUT2D eigenvalue weighted by molar-refractivity contribution is 6.06. The quantitative estimate of drug-likeness (QED) is 0.698. The number of nitrogens with zero attached hydrogens (tertiary/aromatic N) is 2. The summed E-state index contributed by atoms with van der Waals surface area (Å²) in [5.41, 5.74) is 2.64. The zero-order chi connectivity index (χ0) is 19.0. The van der Waals surface area contributed by atoms with Crippen LogP contribution in [0.25, 0.3) is 10.9 Å². The third-order valence-corrected chi connectivity index (χ3v) is 4.61. The maximum atomic E-state index is 13.6. The Bertz CT molecular complexity index is 1030. The molecule has 0 radical (unpaired) electrons. The molecule has 3 aromatic rings. The number of aromatic nitrogens is 1. The Morgan fingerprint density at radius 2 is 1.96 bits per heavy atom. The summed E-state index contributed by atoms with van der Waals surface area (Å²) in [6.07, 6.45) is 0. The fourth-order valence-corrected chi connectivity index (χ4v) is 3.27. The maximum Gasteiger partial charge on any atom is 0.254 e. The highest BCUT2D eigenvalue weighted by atomic mass is 19.1. The van der Waals surface area contributed by atoms with Gasteiger partial charge in [-0.3, -0.25) is 9.78 Å². The van der Waals surface area contributed by atoms with E-state index in [9.17, 15) is 9.18 Å². The molecule has 0 atom stereocenters. The van der Waals surface area contributed by atoms with Crippen LogP contribution in [0.3, 0.4) is 0 Å². The number of aryl methyl sites for hydroxylation is 1. The Morgan fingerprint density at radius 1 is 1.15 bits per heavy atom. The summed E-state index contributed by atoms with van der Waals surface area (Å²) >= 11 is 0. The van der Waals surface area contributed by atoms with Gasteiger partial charge in [-0.2, -0.15) is 0 Å². The molecular formula is C21H19FN2O3. The molecule has 0 fully saturated rings. The molecule has 27 heavy (non-hydrogen) atoms. The molecule has 0 N–H and O–H groups in total. The molecule has 1 aromatic heterocycles. The van der Waals surface area contributed by atoms with E-state index in [0.717, 1.165) is 5.56 Å². The molecule has 1 amide bonds. The highest BCUT2D eigenvalue weighted by Gasteiger charge is 2.20. The fraction of sp³-hybridized carbons (Fsp3) is 0.238. The normalized spacial score (nSPS) is 12.4. The van der Waals surface area contributed by atoms with Gasteiger partial charge in [0.1, 0.15) is 5.82 Å². The van der Waals surface area contributed by atoms with Crippen LogP contribution in [0.2, 0.25) is 0 Å². The maximum absolute atomic E-state index is 13.6. The number of carbonyl (C=O) groups is 1. The van der Waals surface area contributed by atoms with Gasteiger partial charge in [0.05, 0.1) is 11.1 Å². The Morgan fingerprint density at radius 3 is 2.78 bits per heavy atom. The Balaban J connectivity index is 1.67. The van der Waals surface area contributed by atoms with Crippen molar-refractivity contribution in [3.8, 4) is 11.5 Å². The topological polar surface area (TPSA) is 51.7 Å². The van der Waals surface area contributed by atoms with Gasteiger partial charge in [0.25, 0.3) is 5.91 Å². The molecule has 0 bridgehead atoms. The molecule has 2 heterocycles. The van der Waals surface area contributed by atoms with E-state index in [4.69, 9.17) is 9.47 Å². The molecule has 0 aliphatic carbocycles. The van der Waals surface area contributed by atoms with Crippen molar-refractivity contribution in [2.24, 2.45) is 0 Å². The van der Waals surface area contributed by atoms with Gasteiger partial charge in [-0.05, 0) is 49.7 Å². The lowest BCUT2D eigenvalue weighted by atomic mass is 10.1. The summed E-state index contributed by atoms with van der Waals surface area (Å²) in [5, 5.41) is 0.649. The van der Waals surface area contributed by atoms with Crippen molar-refractivity contribution in [2.45, 2.75) is 20.4 Å². The van der Waals surface area contributed by atoms with Crippen LogP contribution in [-0.4, -0.2) is 29.1 Å². The van der Waals surface area contributed by atoms with E-state index in [1.165, 1.54) is 12.1 Å². The van der Waals surface area contributed by atoms with Gasteiger partial charge in [0.2, 0.25) is 6.79 Å². The number of fused-ring (bicyclic) bond motifs is 2. The van der Waals surface area contributed by atoms with Crippen molar-refractivity contribution in [3.05, 3.63) is 65.1 Å². The number of carbonyl (C=O) groups excluding carboxylic acids is 1. The van der Waals surface area contributed by atoms with Crippen LogP contribution < -0.4 is 9.47 Å². The third-order valence-electron chi connectivity index (χ3n) is 4.61. The van der Waals surface area contributed by atoms with Gasteiger partial charge >= 0.3 is 0 Å². The molecule has 1 aliphatic rings. The number of ether oxygens (including phenoxy) is 2. The largest absolute Gasteiger partial charge is 0.454 e. The average Bonchev–Trinajstić information content (AvgIpc) is 3.12. The van der Waals surface area contributed by atoms with Crippen molar-refractivity contribution < 1.29 is 18.7 Å². The zero-order valence-electron chi connectivity index (χ0n) is 15.2. The SMILES string of the molecule is CCN(Cc1ccc2c(c1)OCO2)C(=O)c1cc(C)nc2cc(F)ccc12. The second kappa shape index (κ2) is 6.87.